The summed E-state index contributed by atoms with van der Waals surface area (Å²) in [5, 5.41) is 2.75. The molecular weight excluding hydrogens is 348 g/mol. The third-order valence-electron chi connectivity index (χ3n) is 3.93. The third kappa shape index (κ3) is 3.75. The van der Waals surface area contributed by atoms with Crippen LogP contribution in [0.4, 0.5) is 11.4 Å². The molecule has 6 heteroatoms. The Bertz CT molecular complexity index is 1020. The number of nitrogens with two attached hydrogens (primary N) is 1. The highest BCUT2D eigenvalue weighted by Crippen LogP contribution is 2.23. The zero-order valence-electron chi connectivity index (χ0n) is 14.1. The van der Waals surface area contributed by atoms with Crippen LogP contribution in [0.5, 0.6) is 0 Å². The molecule has 0 aliphatic heterocycles. The van der Waals surface area contributed by atoms with Gasteiger partial charge in [0.1, 0.15) is 0 Å². The standard InChI is InChI=1S/C20H18N2O3S/c1-14-2-4-15(5-3-14)20(23)22-17-8-12-19(13-9-17)26(24,25)18-10-6-16(21)7-11-18/h2-13H,21H2,1H3,(H,22,23). The fourth-order valence-corrected chi connectivity index (χ4v) is 3.67. The van der Waals surface area contributed by atoms with Gasteiger partial charge in [0, 0.05) is 16.9 Å². The second-order valence-electron chi connectivity index (χ2n) is 5.92. The monoisotopic (exact) mass is 366 g/mol. The molecule has 0 saturated heterocycles. The topological polar surface area (TPSA) is 89.3 Å². The molecule has 0 aliphatic carbocycles. The fraction of sp³-hybridized carbons (Fsp3) is 0.0500. The first-order chi connectivity index (χ1) is 12.4. The number of hydrogen-bond acceptors (Lipinski definition) is 4. The van der Waals surface area contributed by atoms with Gasteiger partial charge < -0.3 is 11.1 Å². The molecule has 0 unspecified atom stereocenters. The highest BCUT2D eigenvalue weighted by Gasteiger charge is 2.17. The van der Waals surface area contributed by atoms with Crippen molar-refractivity contribution in [2.75, 3.05) is 11.1 Å². The van der Waals surface area contributed by atoms with E-state index >= 15 is 0 Å². The zero-order valence-corrected chi connectivity index (χ0v) is 15.0. The van der Waals surface area contributed by atoms with Crippen LogP contribution in [0.25, 0.3) is 0 Å². The first kappa shape index (κ1) is 17.7. The van der Waals surface area contributed by atoms with Crippen molar-refractivity contribution in [2.24, 2.45) is 0 Å². The Balaban J connectivity index is 1.78. The average molecular weight is 366 g/mol. The Morgan fingerprint density at radius 2 is 1.31 bits per heavy atom. The van der Waals surface area contributed by atoms with Gasteiger partial charge in [-0.25, -0.2) is 8.42 Å². The Morgan fingerprint density at radius 1 is 0.808 bits per heavy atom. The molecule has 3 rings (SSSR count). The number of benzene rings is 3. The molecule has 0 saturated carbocycles. The van der Waals surface area contributed by atoms with Crippen molar-refractivity contribution in [2.45, 2.75) is 16.7 Å². The normalized spacial score (nSPS) is 11.1. The summed E-state index contributed by atoms with van der Waals surface area (Å²) in [6.45, 7) is 1.95. The number of rotatable bonds is 4. The van der Waals surface area contributed by atoms with Crippen LogP contribution in [0.2, 0.25) is 0 Å². The van der Waals surface area contributed by atoms with E-state index in [1.54, 1.807) is 36.4 Å². The average Bonchev–Trinajstić information content (AvgIpc) is 2.63. The molecule has 0 fully saturated rings. The van der Waals surface area contributed by atoms with Crippen LogP contribution >= 0.6 is 0 Å². The van der Waals surface area contributed by atoms with Crippen molar-refractivity contribution in [3.05, 3.63) is 83.9 Å². The van der Waals surface area contributed by atoms with E-state index in [0.717, 1.165) is 5.56 Å². The Hall–Kier alpha value is -3.12. The number of sulfone groups is 1. The van der Waals surface area contributed by atoms with Gasteiger partial charge in [-0.1, -0.05) is 17.7 Å². The summed E-state index contributed by atoms with van der Waals surface area (Å²) in [6.07, 6.45) is 0. The summed E-state index contributed by atoms with van der Waals surface area (Å²) in [5.41, 5.74) is 8.22. The van der Waals surface area contributed by atoms with Crippen LogP contribution in [-0.2, 0) is 9.84 Å². The van der Waals surface area contributed by atoms with Crippen LogP contribution in [0, 0.1) is 6.92 Å². The fourth-order valence-electron chi connectivity index (χ4n) is 2.41. The number of nitrogen functional groups attached to an aromatic ring is 1. The minimum absolute atomic E-state index is 0.149. The molecule has 5 nitrogen and oxygen atoms in total. The molecule has 3 N–H and O–H groups in total. The zero-order chi connectivity index (χ0) is 18.7. The van der Waals surface area contributed by atoms with Gasteiger partial charge in [0.05, 0.1) is 9.79 Å². The molecule has 0 aromatic heterocycles. The quantitative estimate of drug-likeness (QED) is 0.690. The highest BCUT2D eigenvalue weighted by molar-refractivity contribution is 7.91. The van der Waals surface area contributed by atoms with Crippen LogP contribution in [0.15, 0.2) is 82.6 Å². The molecule has 3 aromatic carbocycles. The van der Waals surface area contributed by atoms with Crippen LogP contribution < -0.4 is 11.1 Å². The van der Waals surface area contributed by atoms with E-state index in [0.29, 0.717) is 16.9 Å². The lowest BCUT2D eigenvalue weighted by Crippen LogP contribution is -2.12. The molecule has 26 heavy (non-hydrogen) atoms. The summed E-state index contributed by atoms with van der Waals surface area (Å²) < 4.78 is 25.2. The Kier molecular flexibility index (Phi) is 4.77. The van der Waals surface area contributed by atoms with Gasteiger partial charge in [-0.05, 0) is 67.6 Å². The molecule has 3 aromatic rings. The van der Waals surface area contributed by atoms with E-state index in [9.17, 15) is 13.2 Å². The number of amides is 1. The molecule has 0 atom stereocenters. The summed E-state index contributed by atoms with van der Waals surface area (Å²) in [5.74, 6) is -0.251. The Morgan fingerprint density at radius 3 is 1.85 bits per heavy atom. The molecule has 0 bridgehead atoms. The van der Waals surface area contributed by atoms with Crippen LogP contribution in [-0.4, -0.2) is 14.3 Å². The Labute approximate surface area is 152 Å². The first-order valence-electron chi connectivity index (χ1n) is 7.95. The van der Waals surface area contributed by atoms with E-state index < -0.39 is 9.84 Å². The maximum atomic E-state index is 12.6. The second kappa shape index (κ2) is 7.01. The summed E-state index contributed by atoms with van der Waals surface area (Å²) >= 11 is 0. The van der Waals surface area contributed by atoms with Crippen molar-refractivity contribution >= 4 is 27.1 Å². The van der Waals surface area contributed by atoms with Crippen molar-refractivity contribution < 1.29 is 13.2 Å². The van der Waals surface area contributed by atoms with Crippen LogP contribution in [0.3, 0.4) is 0 Å². The lowest BCUT2D eigenvalue weighted by molar-refractivity contribution is 0.102. The van der Waals surface area contributed by atoms with E-state index in [2.05, 4.69) is 5.32 Å². The second-order valence-corrected chi connectivity index (χ2v) is 7.87. The summed E-state index contributed by atoms with van der Waals surface area (Å²) in [7, 11) is -3.63. The highest BCUT2D eigenvalue weighted by atomic mass is 32.2. The predicted octanol–water partition coefficient (Wildman–Crippen LogP) is 3.66. The maximum Gasteiger partial charge on any atom is 0.255 e. The van der Waals surface area contributed by atoms with Crippen molar-refractivity contribution in [1.82, 2.24) is 0 Å². The van der Waals surface area contributed by atoms with Gasteiger partial charge in [-0.3, -0.25) is 4.79 Å². The number of aryl methyl sites for hydroxylation is 1. The minimum Gasteiger partial charge on any atom is -0.399 e. The van der Waals surface area contributed by atoms with Gasteiger partial charge in [-0.2, -0.15) is 0 Å². The molecule has 0 spiro atoms. The molecule has 1 amide bonds. The first-order valence-corrected chi connectivity index (χ1v) is 9.43. The predicted molar refractivity (Wildman–Crippen MR) is 102 cm³/mol. The number of hydrogen-bond donors (Lipinski definition) is 2. The van der Waals surface area contributed by atoms with Gasteiger partial charge >= 0.3 is 0 Å². The van der Waals surface area contributed by atoms with E-state index in [4.69, 9.17) is 5.73 Å². The third-order valence-corrected chi connectivity index (χ3v) is 5.71. The van der Waals surface area contributed by atoms with Crippen LogP contribution in [0.1, 0.15) is 15.9 Å². The molecular formula is C20H18N2O3S. The van der Waals surface area contributed by atoms with E-state index in [1.807, 2.05) is 19.1 Å². The van der Waals surface area contributed by atoms with Gasteiger partial charge in [-0.15, -0.1) is 0 Å². The molecule has 0 heterocycles. The number of nitrogens with one attached hydrogen (secondary N) is 1. The minimum atomic E-state index is -3.63. The molecule has 132 valence electrons. The smallest absolute Gasteiger partial charge is 0.255 e. The lowest BCUT2D eigenvalue weighted by atomic mass is 10.1. The number of anilines is 2. The molecule has 0 aliphatic rings. The SMILES string of the molecule is Cc1ccc(C(=O)Nc2ccc(S(=O)(=O)c3ccc(N)cc3)cc2)cc1. The van der Waals surface area contributed by atoms with Gasteiger partial charge in [0.15, 0.2) is 0 Å². The largest absolute Gasteiger partial charge is 0.399 e. The lowest BCUT2D eigenvalue weighted by Gasteiger charge is -2.08. The summed E-state index contributed by atoms with van der Waals surface area (Å²) in [6, 6.07) is 19.3. The van der Waals surface area contributed by atoms with Crippen molar-refractivity contribution in [3.63, 3.8) is 0 Å². The van der Waals surface area contributed by atoms with Gasteiger partial charge in [0.2, 0.25) is 9.84 Å². The number of carbonyl (C=O) groups excluding carboxylic acids is 1. The van der Waals surface area contributed by atoms with Gasteiger partial charge in [0.25, 0.3) is 5.91 Å². The van der Waals surface area contributed by atoms with Crippen molar-refractivity contribution in [1.29, 1.82) is 0 Å². The van der Waals surface area contributed by atoms with E-state index in [1.165, 1.54) is 24.3 Å². The van der Waals surface area contributed by atoms with Crippen molar-refractivity contribution in [3.8, 4) is 0 Å². The molecule has 0 radical (unpaired) electrons. The number of carbonyl (C=O) groups is 1. The summed E-state index contributed by atoms with van der Waals surface area (Å²) in [4.78, 5) is 12.5. The van der Waals surface area contributed by atoms with E-state index in [-0.39, 0.29) is 15.7 Å². The maximum absolute atomic E-state index is 12.6.